The average molecular weight is 2360 g/mol. The third-order valence-electron chi connectivity index (χ3n) is 16.6. The van der Waals surface area contributed by atoms with Crippen LogP contribution in [-0.4, -0.2) is 454 Å². The maximum Gasteiger partial charge on any atom is 1.00 e. The van der Waals surface area contributed by atoms with Gasteiger partial charge < -0.3 is 189 Å². The summed E-state index contributed by atoms with van der Waals surface area (Å²) < 4.78 is 344. The number of hydrogen-bond acceptors (Lipinski definition) is 66. The Morgan fingerprint density at radius 2 is 0.469 bits per heavy atom. The van der Waals surface area contributed by atoms with Crippen molar-refractivity contribution in [2.75, 3.05) is 39.6 Å². The second-order valence-corrected chi connectivity index (χ2v) is 30.9. The van der Waals surface area contributed by atoms with Crippen molar-refractivity contribution in [3.05, 3.63) is 49.4 Å². The van der Waals surface area contributed by atoms with Gasteiger partial charge in [0.1, 0.15) is 98.4 Å². The molecule has 12 unspecified atom stereocenters. The monoisotopic (exact) mass is 2350 g/mol. The van der Waals surface area contributed by atoms with E-state index in [4.69, 9.17) is 193 Å². The summed E-state index contributed by atoms with van der Waals surface area (Å²) in [5.41, 5.74) is 39.8. The van der Waals surface area contributed by atoms with E-state index in [0.717, 1.165) is 6.61 Å². The normalized spacial score (nSPS) is 33.8. The fourth-order valence-electron chi connectivity index (χ4n) is 11.1. The van der Waals surface area contributed by atoms with Crippen LogP contribution in [0.4, 0.5) is 0 Å². The Morgan fingerprint density at radius 1 is 0.280 bits per heavy atom. The van der Waals surface area contributed by atoms with Crippen LogP contribution >= 0.6 is 0 Å². The molecule has 0 bridgehead atoms. The van der Waals surface area contributed by atoms with Crippen LogP contribution in [0.2, 0.25) is 0 Å². The smallest absolute Gasteiger partial charge is 0.726 e. The number of nitrogens with one attached hydrogen (secondary N) is 4. The number of ether oxygens (including phenoxy) is 16. The van der Waals surface area contributed by atoms with Gasteiger partial charge in [-0.15, -0.1) is 50.5 Å². The van der Waals surface area contributed by atoms with Crippen LogP contribution in [0.15, 0.2) is 0 Å². The van der Waals surface area contributed by atoms with E-state index in [1.165, 1.54) is 0 Å². The molecule has 143 heavy (non-hydrogen) atoms. The standard InChI is InChI=1S/C49H81N5O45S4.4CO2.12Na.4O3S/c50-4-2-1-3-5-80-46-35(64)27(56)14(6-81-46)90-43-23(52)32(61)39(19(94-43)11-86-101(71,72)73)98-48-37(66)29(58)16(8-83-48)92-45-25(54)34(63)41(21(96-45)13-88-103(77,78)79)99-49-38(67)30(59)17(9-84-49)91-44-24(53)33(62)40(20(95-44)12-87-102(74,75)76)97-47-36(65)28(57)15(7-82-47)89-42-22(51)31(60)26(55)18(93-42)10-85-100(68,69)70;4*2-1-3;;;;;;;;;;;;;4*1-4(2)3/h6-9,14-49,51-67H,1-5,10-13,50H2,(H,68,69,70)(H,71,72,73)(H,74,75,76)(H,77,78,79);;;;;;;;;;;;;;;;;;;;/q-8;;;;;12*+1;;;;/p-4/t14-,15-,16-,17-,18?,19?,20?,21?,22?,23?,24?,25?,26-,27-,28-,29-,30-,31-,32-,33-,34-,35?,36?,37?,38?,39-,40-,41-,42+,43+,44+,45+,46-,47+,48+,49+;;;;;;;;;;;;;;;;;;;;/m1..................../s1. The first-order chi connectivity index (χ1) is 60.6. The summed E-state index contributed by atoms with van der Waals surface area (Å²) >= 11 is 0. The van der Waals surface area contributed by atoms with Crippen LogP contribution in [0.5, 0.6) is 0 Å². The molecule has 90 heteroatoms. The molecule has 8 fully saturated rings. The molecule has 0 amide bonds. The molecule has 0 saturated carbocycles. The van der Waals surface area contributed by atoms with Crippen molar-refractivity contribution in [3.63, 3.8) is 0 Å². The molecule has 764 valence electrons. The minimum atomic E-state index is -5.66. The molecule has 70 nitrogen and oxygen atoms in total. The summed E-state index contributed by atoms with van der Waals surface area (Å²) in [6.07, 6.45) is -63.2. The van der Waals surface area contributed by atoms with Gasteiger partial charge in [0.2, 0.25) is 41.6 Å². The van der Waals surface area contributed by atoms with Crippen molar-refractivity contribution in [1.82, 2.24) is 0 Å². The van der Waals surface area contributed by atoms with Gasteiger partial charge in [-0.3, -0.25) is 16.7 Å². The van der Waals surface area contributed by atoms with E-state index in [0.29, 0.717) is 45.6 Å². The minimum Gasteiger partial charge on any atom is -0.726 e. The van der Waals surface area contributed by atoms with E-state index in [-0.39, 0.29) is 386 Å². The molecule has 19 N–H and O–H groups in total. The van der Waals surface area contributed by atoms with Crippen molar-refractivity contribution in [2.45, 2.75) is 240 Å². The minimum absolute atomic E-state index is 0. The summed E-state index contributed by atoms with van der Waals surface area (Å²) in [6, 6.07) is -8.24. The maximum absolute atomic E-state index is 11.7. The number of rotatable bonds is 32. The number of aliphatic hydroxyl groups is 13. The van der Waals surface area contributed by atoms with Crippen LogP contribution in [-0.2, 0) is 215 Å². The number of unbranched alkanes of at least 4 members (excludes halogenated alkanes) is 2. The summed E-state index contributed by atoms with van der Waals surface area (Å²) in [4.78, 5) is 65.0. The zero-order valence-electron chi connectivity index (χ0n) is 76.3. The fraction of sp³-hybridized carbons (Fsp3) is 0.849. The summed E-state index contributed by atoms with van der Waals surface area (Å²) in [7, 11) is -34.6. The van der Waals surface area contributed by atoms with E-state index in [1.807, 2.05) is 0 Å². The van der Waals surface area contributed by atoms with E-state index in [2.05, 4.69) is 16.7 Å². The van der Waals surface area contributed by atoms with Gasteiger partial charge in [0.05, 0.1) is 75.3 Å². The summed E-state index contributed by atoms with van der Waals surface area (Å²) in [6.45, 7) is -2.11. The Balaban J connectivity index is -0.000000342. The predicted molar refractivity (Wildman–Crippen MR) is 366 cm³/mol. The van der Waals surface area contributed by atoms with E-state index < -0.39 is 331 Å². The van der Waals surface area contributed by atoms with Gasteiger partial charge in [0, 0.05) is 6.61 Å². The molecule has 8 aliphatic heterocycles. The Labute approximate surface area is 1080 Å². The predicted octanol–water partition coefficient (Wildman–Crippen LogP) is -54.2. The van der Waals surface area contributed by atoms with Crippen LogP contribution in [0, 0.1) is 26.4 Å². The Hall–Kier alpha value is 6.12. The number of hydrogen-bond donors (Lipinski definition) is 14. The number of carbonyl (C=O) groups excluding carboxylic acids is 8. The zero-order valence-corrected chi connectivity index (χ0v) is 107. The van der Waals surface area contributed by atoms with Crippen molar-refractivity contribution in [2.24, 2.45) is 5.73 Å². The van der Waals surface area contributed by atoms with E-state index in [1.54, 1.807) is 0 Å². The van der Waals surface area contributed by atoms with Crippen LogP contribution in [0.1, 0.15) is 19.3 Å². The molecule has 0 aliphatic carbocycles. The first-order valence-corrected chi connectivity index (χ1v) is 43.6. The molecular formula is C53H77N5Na12O65S8. The molecule has 0 aromatic rings. The zero-order chi connectivity index (χ0) is 101. The largest absolute Gasteiger partial charge is 1.00 e. The second-order valence-electron chi connectivity index (χ2n) is 25.1. The van der Waals surface area contributed by atoms with Gasteiger partial charge in [-0.05, 0) is 50.2 Å². The quantitative estimate of drug-likeness (QED) is 0.00978. The molecule has 0 aromatic carbocycles. The molecule has 8 aliphatic rings. The van der Waals surface area contributed by atoms with Gasteiger partial charge in [0.15, 0.2) is 25.2 Å². The summed E-state index contributed by atoms with van der Waals surface area (Å²) in [5.74, 6) is 0. The van der Waals surface area contributed by atoms with Crippen molar-refractivity contribution in [3.8, 4) is 0 Å². The van der Waals surface area contributed by atoms with Crippen molar-refractivity contribution >= 4 is 109 Å². The van der Waals surface area contributed by atoms with Gasteiger partial charge in [-0.2, -0.15) is 64.8 Å². The SMILES string of the molecule is O=C=O.O=C=O.O=C=O.O=C=O.O=S(=O)=O.O=S(=O)=O.O=S(=O)=O.O=S(=O)=O.[NH-]C1[C@@H](O[C@@H]2[CH-]O[C@@H](O[C@@H]3C(COS(=O)(=O)[O-])O[C@H](O[C@@H]4[CH-]O[C@@H](O[C@@H]5C(COS(=O)(=O)[O-])O[C@H](O[C@@H]6[CH-]O[C@@H](O[C@@H]7C(COS(=O)(=O)[O-])O[C@H](O[C@@H]8[CH-]O[C@@H](OCCCCCN)C(O)[C@@H]8O)C([NH-])[C@H]7O)C(O)[C@@H]6O)C([NH-])[C@H]5O)C(O)[C@@H]4O)C([NH-])[C@H]3O)C(O)[C@@H]2O)OC(COS(=O)(=O)[O-])[C@@H](O)[C@@H]1O.[Na+].[Na+].[Na+].[Na+].[Na+].[Na+].[Na+].[Na+].[Na+].[Na+].[Na+].[Na+]. The number of aliphatic hydroxyl groups excluding tert-OH is 13. The molecule has 0 spiro atoms. The fourth-order valence-corrected chi connectivity index (χ4v) is 12.3. The van der Waals surface area contributed by atoms with Gasteiger partial charge in [-0.25, -0.2) is 33.7 Å². The topological polar surface area (TPSA) is 1140 Å². The van der Waals surface area contributed by atoms with Gasteiger partial charge in [0.25, 0.3) is 0 Å². The van der Waals surface area contributed by atoms with Gasteiger partial charge >= 0.3 is 422 Å². The first-order valence-electron chi connectivity index (χ1n) is 34.3. The molecule has 36 atom stereocenters. The van der Waals surface area contributed by atoms with Crippen LogP contribution in [0.25, 0.3) is 22.9 Å². The molecule has 8 saturated heterocycles. The Morgan fingerprint density at radius 3 is 0.678 bits per heavy atom. The summed E-state index contributed by atoms with van der Waals surface area (Å²) in [5, 5.41) is 144. The Bertz CT molecular complexity index is 4400. The second kappa shape index (κ2) is 91.6. The molecule has 8 heterocycles. The molecular weight excluding hydrogens is 2280 g/mol. The average Bonchev–Trinajstić information content (AvgIpc) is 0.781. The van der Waals surface area contributed by atoms with Crippen molar-refractivity contribution < 1.29 is 654 Å². The van der Waals surface area contributed by atoms with E-state index in [9.17, 15) is 118 Å². The van der Waals surface area contributed by atoms with Crippen LogP contribution < -0.4 is 360 Å². The first kappa shape index (κ1) is 177. The van der Waals surface area contributed by atoms with E-state index >= 15 is 0 Å². The molecule has 0 radical (unpaired) electrons. The Kier molecular flexibility index (Phi) is 113. The van der Waals surface area contributed by atoms with Crippen LogP contribution in [0.3, 0.4) is 0 Å². The van der Waals surface area contributed by atoms with Gasteiger partial charge in [-0.1, -0.05) is 24.2 Å². The third-order valence-corrected chi connectivity index (χ3v) is 18.3. The third kappa shape index (κ3) is 69.6. The van der Waals surface area contributed by atoms with Crippen molar-refractivity contribution in [1.29, 1.82) is 0 Å². The number of nitrogens with two attached hydrogens (primary N) is 1. The maximum atomic E-state index is 11.7. The molecule has 0 aromatic heterocycles. The molecule has 8 rings (SSSR count).